The molecule has 1 aromatic heterocycles. The summed E-state index contributed by atoms with van der Waals surface area (Å²) in [5.74, 6) is 0.0729. The molecule has 0 bridgehead atoms. The van der Waals surface area contributed by atoms with Crippen molar-refractivity contribution in [1.29, 1.82) is 0 Å². The zero-order valence-corrected chi connectivity index (χ0v) is 13.1. The van der Waals surface area contributed by atoms with E-state index in [4.69, 9.17) is 0 Å². The van der Waals surface area contributed by atoms with Crippen LogP contribution in [0.15, 0.2) is 12.1 Å². The second kappa shape index (κ2) is 7.68. The van der Waals surface area contributed by atoms with E-state index in [1.165, 1.54) is 0 Å². The number of amides is 1. The molecule has 4 nitrogen and oxygen atoms in total. The van der Waals surface area contributed by atoms with E-state index < -0.39 is 0 Å². The average Bonchev–Trinajstić information content (AvgIpc) is 2.80. The molecule has 0 aliphatic carbocycles. The first kappa shape index (κ1) is 18.2. The highest BCUT2D eigenvalue weighted by Crippen LogP contribution is 2.13. The number of rotatable bonds is 2. The van der Waals surface area contributed by atoms with Gasteiger partial charge in [0.25, 0.3) is 5.91 Å². The standard InChI is InChI=1S/C13H19N3O.2ClH/c1-9-4-5-12(10(2)15-9)13(17)16(3)11-6-7-14-8-11;;/h4-5,11,14H,6-8H2,1-3H3;2*1H. The van der Waals surface area contributed by atoms with Crippen molar-refractivity contribution >= 4 is 30.7 Å². The van der Waals surface area contributed by atoms with Gasteiger partial charge >= 0.3 is 0 Å². The number of nitrogens with one attached hydrogen (secondary N) is 1. The van der Waals surface area contributed by atoms with Gasteiger partial charge in [0, 0.05) is 25.3 Å². The molecule has 1 saturated heterocycles. The molecule has 6 heteroatoms. The Balaban J connectivity index is 0.00000162. The van der Waals surface area contributed by atoms with E-state index in [9.17, 15) is 4.79 Å². The Morgan fingerprint density at radius 3 is 2.58 bits per heavy atom. The van der Waals surface area contributed by atoms with Crippen LogP contribution in [0.25, 0.3) is 0 Å². The maximum atomic E-state index is 12.3. The lowest BCUT2D eigenvalue weighted by Crippen LogP contribution is -2.38. The van der Waals surface area contributed by atoms with Crippen molar-refractivity contribution in [2.45, 2.75) is 26.3 Å². The van der Waals surface area contributed by atoms with Gasteiger partial charge in [-0.3, -0.25) is 9.78 Å². The molecule has 1 N–H and O–H groups in total. The lowest BCUT2D eigenvalue weighted by atomic mass is 10.1. The van der Waals surface area contributed by atoms with Crippen LogP contribution in [-0.4, -0.2) is 42.0 Å². The van der Waals surface area contributed by atoms with E-state index in [2.05, 4.69) is 10.3 Å². The Bertz CT molecular complexity index is 434. The maximum absolute atomic E-state index is 12.3. The summed E-state index contributed by atoms with van der Waals surface area (Å²) < 4.78 is 0. The van der Waals surface area contributed by atoms with Crippen molar-refractivity contribution in [2.24, 2.45) is 0 Å². The molecular weight excluding hydrogens is 285 g/mol. The molecule has 0 aromatic carbocycles. The third kappa shape index (κ3) is 4.06. The normalized spacial score (nSPS) is 17.3. The highest BCUT2D eigenvalue weighted by atomic mass is 35.5. The van der Waals surface area contributed by atoms with Crippen molar-refractivity contribution in [3.8, 4) is 0 Å². The number of carbonyl (C=O) groups excluding carboxylic acids is 1. The van der Waals surface area contributed by atoms with Crippen LogP contribution >= 0.6 is 24.8 Å². The van der Waals surface area contributed by atoms with Crippen LogP contribution in [0.5, 0.6) is 0 Å². The van der Waals surface area contributed by atoms with Crippen molar-refractivity contribution in [3.63, 3.8) is 0 Å². The summed E-state index contributed by atoms with van der Waals surface area (Å²) in [4.78, 5) is 18.5. The number of aryl methyl sites for hydroxylation is 2. The number of halogens is 2. The molecule has 108 valence electrons. The van der Waals surface area contributed by atoms with Crippen LogP contribution in [0.3, 0.4) is 0 Å². The van der Waals surface area contributed by atoms with Gasteiger partial charge in [0.15, 0.2) is 0 Å². The molecule has 0 spiro atoms. The van der Waals surface area contributed by atoms with Crippen LogP contribution in [0, 0.1) is 13.8 Å². The number of aromatic nitrogens is 1. The minimum Gasteiger partial charge on any atom is -0.337 e. The lowest BCUT2D eigenvalue weighted by molar-refractivity contribution is 0.0742. The Hall–Kier alpha value is -0.840. The number of hydrogen-bond acceptors (Lipinski definition) is 3. The Morgan fingerprint density at radius 2 is 2.05 bits per heavy atom. The van der Waals surface area contributed by atoms with E-state index in [1.807, 2.05) is 37.9 Å². The van der Waals surface area contributed by atoms with Gasteiger partial charge in [0.05, 0.1) is 11.3 Å². The summed E-state index contributed by atoms with van der Waals surface area (Å²) >= 11 is 0. The third-order valence-corrected chi connectivity index (χ3v) is 3.36. The Labute approximate surface area is 126 Å². The summed E-state index contributed by atoms with van der Waals surface area (Å²) in [7, 11) is 1.87. The summed E-state index contributed by atoms with van der Waals surface area (Å²) in [5, 5.41) is 3.27. The summed E-state index contributed by atoms with van der Waals surface area (Å²) in [5.41, 5.74) is 2.47. The van der Waals surface area contributed by atoms with Gasteiger partial charge in [0.2, 0.25) is 0 Å². The summed E-state index contributed by atoms with van der Waals surface area (Å²) in [6.07, 6.45) is 1.03. The fourth-order valence-electron chi connectivity index (χ4n) is 2.24. The Kier molecular flexibility index (Phi) is 7.34. The first-order valence-electron chi connectivity index (χ1n) is 6.01. The highest BCUT2D eigenvalue weighted by Gasteiger charge is 2.24. The van der Waals surface area contributed by atoms with Gasteiger partial charge in [-0.1, -0.05) is 0 Å². The molecule has 0 radical (unpaired) electrons. The molecule has 1 fully saturated rings. The van der Waals surface area contributed by atoms with Crippen LogP contribution < -0.4 is 5.32 Å². The van der Waals surface area contributed by atoms with Crippen molar-refractivity contribution in [3.05, 3.63) is 29.1 Å². The molecule has 0 saturated carbocycles. The molecular formula is C13H21Cl2N3O. The maximum Gasteiger partial charge on any atom is 0.255 e. The predicted molar refractivity (Wildman–Crippen MR) is 81.6 cm³/mol. The van der Waals surface area contributed by atoms with Crippen LogP contribution in [0.4, 0.5) is 0 Å². The van der Waals surface area contributed by atoms with E-state index in [-0.39, 0.29) is 30.7 Å². The van der Waals surface area contributed by atoms with E-state index >= 15 is 0 Å². The van der Waals surface area contributed by atoms with Crippen molar-refractivity contribution in [2.75, 3.05) is 20.1 Å². The third-order valence-electron chi connectivity index (χ3n) is 3.36. The summed E-state index contributed by atoms with van der Waals surface area (Å²) in [6, 6.07) is 4.07. The predicted octanol–water partition coefficient (Wildman–Crippen LogP) is 1.98. The van der Waals surface area contributed by atoms with E-state index in [1.54, 1.807) is 0 Å². The molecule has 19 heavy (non-hydrogen) atoms. The monoisotopic (exact) mass is 305 g/mol. The first-order valence-corrected chi connectivity index (χ1v) is 6.01. The van der Waals surface area contributed by atoms with Crippen LogP contribution in [0.1, 0.15) is 28.2 Å². The van der Waals surface area contributed by atoms with Gasteiger partial charge < -0.3 is 10.2 Å². The molecule has 2 heterocycles. The van der Waals surface area contributed by atoms with E-state index in [0.29, 0.717) is 11.6 Å². The zero-order valence-electron chi connectivity index (χ0n) is 11.5. The second-order valence-electron chi connectivity index (χ2n) is 4.65. The highest BCUT2D eigenvalue weighted by molar-refractivity contribution is 5.95. The fourth-order valence-corrected chi connectivity index (χ4v) is 2.24. The van der Waals surface area contributed by atoms with Gasteiger partial charge in [0.1, 0.15) is 0 Å². The number of likely N-dealkylation sites (N-methyl/N-ethyl adjacent to an activating group) is 1. The number of carbonyl (C=O) groups is 1. The van der Waals surface area contributed by atoms with Gasteiger partial charge in [-0.05, 0) is 38.9 Å². The Morgan fingerprint density at radius 1 is 1.37 bits per heavy atom. The molecule has 1 aromatic rings. The van der Waals surface area contributed by atoms with E-state index in [0.717, 1.165) is 30.9 Å². The second-order valence-corrected chi connectivity index (χ2v) is 4.65. The molecule has 1 atom stereocenters. The molecule has 1 amide bonds. The molecule has 1 aliphatic heterocycles. The topological polar surface area (TPSA) is 45.2 Å². The van der Waals surface area contributed by atoms with Crippen LogP contribution in [0.2, 0.25) is 0 Å². The lowest BCUT2D eigenvalue weighted by Gasteiger charge is -2.24. The molecule has 2 rings (SSSR count). The van der Waals surface area contributed by atoms with Gasteiger partial charge in [-0.2, -0.15) is 0 Å². The van der Waals surface area contributed by atoms with Crippen molar-refractivity contribution in [1.82, 2.24) is 15.2 Å². The first-order chi connectivity index (χ1) is 8.09. The number of nitrogens with zero attached hydrogens (tertiary/aromatic N) is 2. The molecule has 1 aliphatic rings. The summed E-state index contributed by atoms with van der Waals surface area (Å²) in [6.45, 7) is 5.71. The van der Waals surface area contributed by atoms with Gasteiger partial charge in [-0.15, -0.1) is 24.8 Å². The smallest absolute Gasteiger partial charge is 0.255 e. The quantitative estimate of drug-likeness (QED) is 0.909. The van der Waals surface area contributed by atoms with Crippen molar-refractivity contribution < 1.29 is 4.79 Å². The zero-order chi connectivity index (χ0) is 12.4. The number of hydrogen-bond donors (Lipinski definition) is 1. The van der Waals surface area contributed by atoms with Crippen LogP contribution in [-0.2, 0) is 0 Å². The number of pyridine rings is 1. The largest absolute Gasteiger partial charge is 0.337 e. The minimum atomic E-state index is 0. The average molecular weight is 306 g/mol. The SMILES string of the molecule is Cc1ccc(C(=O)N(C)C2CCNC2)c(C)n1.Cl.Cl. The fraction of sp³-hybridized carbons (Fsp3) is 0.538. The minimum absolute atomic E-state index is 0. The van der Waals surface area contributed by atoms with Gasteiger partial charge in [-0.25, -0.2) is 0 Å². The molecule has 1 unspecified atom stereocenters.